The zero-order chi connectivity index (χ0) is 12.8. The lowest BCUT2D eigenvalue weighted by Gasteiger charge is -2.24. The number of rotatable bonds is 5. The molecule has 0 aromatic carbocycles. The summed E-state index contributed by atoms with van der Waals surface area (Å²) in [5.41, 5.74) is 0. The average Bonchev–Trinajstić information content (AvgIpc) is 2.91. The number of hydrogen-bond acceptors (Lipinski definition) is 2. The highest BCUT2D eigenvalue weighted by Crippen LogP contribution is 2.27. The van der Waals surface area contributed by atoms with Gasteiger partial charge in [0, 0.05) is 12.5 Å². The number of carbonyl (C=O) groups excluding carboxylic acids is 1. The van der Waals surface area contributed by atoms with E-state index in [4.69, 9.17) is 0 Å². The molecule has 2 rings (SSSR count). The van der Waals surface area contributed by atoms with Crippen LogP contribution >= 0.6 is 0 Å². The van der Waals surface area contributed by atoms with Gasteiger partial charge in [-0.25, -0.2) is 0 Å². The van der Waals surface area contributed by atoms with Gasteiger partial charge in [0.05, 0.1) is 0 Å². The Morgan fingerprint density at radius 2 is 2.06 bits per heavy atom. The molecule has 1 saturated heterocycles. The molecule has 0 aromatic heterocycles. The molecule has 0 radical (unpaired) electrons. The van der Waals surface area contributed by atoms with Crippen molar-refractivity contribution in [1.82, 2.24) is 10.6 Å². The Kier molecular flexibility index (Phi) is 5.48. The van der Waals surface area contributed by atoms with Crippen LogP contribution in [0.25, 0.3) is 0 Å². The van der Waals surface area contributed by atoms with Gasteiger partial charge in [0.2, 0.25) is 5.91 Å². The molecule has 0 spiro atoms. The molecule has 2 N–H and O–H groups in total. The maximum Gasteiger partial charge on any atom is 0.220 e. The smallest absolute Gasteiger partial charge is 0.220 e. The average molecular weight is 252 g/mol. The van der Waals surface area contributed by atoms with E-state index in [9.17, 15) is 4.79 Å². The monoisotopic (exact) mass is 252 g/mol. The molecule has 1 heterocycles. The Hall–Kier alpha value is -0.570. The minimum atomic E-state index is 0.264. The number of carbonyl (C=O) groups is 1. The highest BCUT2D eigenvalue weighted by atomic mass is 16.1. The summed E-state index contributed by atoms with van der Waals surface area (Å²) in [5, 5.41) is 6.61. The predicted molar refractivity (Wildman–Crippen MR) is 74.4 cm³/mol. The lowest BCUT2D eigenvalue weighted by molar-refractivity contribution is -0.122. The van der Waals surface area contributed by atoms with Gasteiger partial charge >= 0.3 is 0 Å². The Labute approximate surface area is 111 Å². The lowest BCUT2D eigenvalue weighted by atomic mass is 9.94. The first-order valence-electron chi connectivity index (χ1n) is 7.76. The highest BCUT2D eigenvalue weighted by Gasteiger charge is 2.23. The summed E-state index contributed by atoms with van der Waals surface area (Å²) in [7, 11) is 0. The number of nitrogens with one attached hydrogen (secondary N) is 2. The number of hydrogen-bond donors (Lipinski definition) is 2. The molecule has 0 bridgehead atoms. The first kappa shape index (κ1) is 13.9. The van der Waals surface area contributed by atoms with E-state index >= 15 is 0 Å². The molecule has 2 unspecified atom stereocenters. The van der Waals surface area contributed by atoms with Crippen LogP contribution in [0, 0.1) is 11.8 Å². The molecule has 3 heteroatoms. The van der Waals surface area contributed by atoms with Crippen molar-refractivity contribution in [3.8, 4) is 0 Å². The lowest BCUT2D eigenvalue weighted by Crippen LogP contribution is -2.38. The zero-order valence-corrected chi connectivity index (χ0v) is 11.7. The van der Waals surface area contributed by atoms with Crippen LogP contribution in [0.3, 0.4) is 0 Å². The minimum Gasteiger partial charge on any atom is -0.353 e. The molecule has 1 aliphatic heterocycles. The summed E-state index contributed by atoms with van der Waals surface area (Å²) in [6, 6.07) is 0.379. The van der Waals surface area contributed by atoms with Crippen molar-refractivity contribution in [3.05, 3.63) is 0 Å². The summed E-state index contributed by atoms with van der Waals surface area (Å²) in [4.78, 5) is 11.9. The maximum absolute atomic E-state index is 11.9. The zero-order valence-electron chi connectivity index (χ0n) is 11.7. The normalized spacial score (nSPS) is 27.1. The fraction of sp³-hybridized carbons (Fsp3) is 0.933. The molecule has 1 saturated carbocycles. The van der Waals surface area contributed by atoms with Crippen LogP contribution in [0.2, 0.25) is 0 Å². The van der Waals surface area contributed by atoms with Gasteiger partial charge in [-0.3, -0.25) is 4.79 Å². The SMILES string of the molecule is CC(NC(=O)CCC1CCCNC1)C1CCCC1. The molecule has 2 atom stereocenters. The summed E-state index contributed by atoms with van der Waals surface area (Å²) in [5.74, 6) is 1.71. The predicted octanol–water partition coefficient (Wildman–Crippen LogP) is 2.46. The van der Waals surface area contributed by atoms with Crippen LogP contribution in [-0.4, -0.2) is 25.0 Å². The van der Waals surface area contributed by atoms with Crippen LogP contribution in [0.5, 0.6) is 0 Å². The third kappa shape index (κ3) is 4.27. The second-order valence-corrected chi connectivity index (χ2v) is 6.15. The maximum atomic E-state index is 11.9. The van der Waals surface area contributed by atoms with Crippen LogP contribution in [0.4, 0.5) is 0 Å². The summed E-state index contributed by atoms with van der Waals surface area (Å²) in [6.07, 6.45) is 9.61. The van der Waals surface area contributed by atoms with E-state index in [1.54, 1.807) is 0 Å². The topological polar surface area (TPSA) is 41.1 Å². The Morgan fingerprint density at radius 1 is 1.28 bits per heavy atom. The van der Waals surface area contributed by atoms with Crippen molar-refractivity contribution >= 4 is 5.91 Å². The second-order valence-electron chi connectivity index (χ2n) is 6.15. The summed E-state index contributed by atoms with van der Waals surface area (Å²) < 4.78 is 0. The van der Waals surface area contributed by atoms with Crippen molar-refractivity contribution in [3.63, 3.8) is 0 Å². The van der Waals surface area contributed by atoms with Crippen molar-refractivity contribution in [2.45, 2.75) is 64.3 Å². The molecule has 1 aliphatic carbocycles. The molecule has 1 amide bonds. The molecular weight excluding hydrogens is 224 g/mol. The quantitative estimate of drug-likeness (QED) is 0.789. The molecule has 2 aliphatic rings. The molecule has 0 aromatic rings. The van der Waals surface area contributed by atoms with E-state index in [-0.39, 0.29) is 5.91 Å². The van der Waals surface area contributed by atoms with Crippen LogP contribution in [0.1, 0.15) is 58.3 Å². The van der Waals surface area contributed by atoms with Crippen LogP contribution in [-0.2, 0) is 4.79 Å². The third-order valence-electron chi connectivity index (χ3n) is 4.67. The Morgan fingerprint density at radius 3 is 2.72 bits per heavy atom. The van der Waals surface area contributed by atoms with Gasteiger partial charge in [-0.15, -0.1) is 0 Å². The van der Waals surface area contributed by atoms with Crippen LogP contribution < -0.4 is 10.6 Å². The molecule has 18 heavy (non-hydrogen) atoms. The fourth-order valence-corrected chi connectivity index (χ4v) is 3.41. The highest BCUT2D eigenvalue weighted by molar-refractivity contribution is 5.76. The van der Waals surface area contributed by atoms with Gasteiger partial charge in [0.25, 0.3) is 0 Å². The van der Waals surface area contributed by atoms with Gasteiger partial charge in [0.15, 0.2) is 0 Å². The molecular formula is C15H28N2O. The first-order valence-corrected chi connectivity index (χ1v) is 7.76. The van der Waals surface area contributed by atoms with E-state index < -0.39 is 0 Å². The van der Waals surface area contributed by atoms with E-state index in [0.29, 0.717) is 18.4 Å². The van der Waals surface area contributed by atoms with Gasteiger partial charge in [-0.2, -0.15) is 0 Å². The van der Waals surface area contributed by atoms with E-state index in [1.807, 2.05) is 0 Å². The van der Waals surface area contributed by atoms with Gasteiger partial charge in [0.1, 0.15) is 0 Å². The third-order valence-corrected chi connectivity index (χ3v) is 4.67. The van der Waals surface area contributed by atoms with Crippen molar-refractivity contribution in [2.75, 3.05) is 13.1 Å². The van der Waals surface area contributed by atoms with Gasteiger partial charge < -0.3 is 10.6 Å². The summed E-state index contributed by atoms with van der Waals surface area (Å²) >= 11 is 0. The Balaban J connectivity index is 1.61. The van der Waals surface area contributed by atoms with E-state index in [1.165, 1.54) is 38.5 Å². The standard InChI is InChI=1S/C15H28N2O/c1-12(14-6-2-3-7-14)17-15(18)9-8-13-5-4-10-16-11-13/h12-14,16H,2-11H2,1H3,(H,17,18). The van der Waals surface area contributed by atoms with Crippen molar-refractivity contribution < 1.29 is 4.79 Å². The molecule has 2 fully saturated rings. The minimum absolute atomic E-state index is 0.264. The Bertz CT molecular complexity index is 255. The largest absolute Gasteiger partial charge is 0.353 e. The van der Waals surface area contributed by atoms with Crippen molar-refractivity contribution in [2.24, 2.45) is 11.8 Å². The number of amides is 1. The van der Waals surface area contributed by atoms with Gasteiger partial charge in [-0.1, -0.05) is 12.8 Å². The van der Waals surface area contributed by atoms with Gasteiger partial charge in [-0.05, 0) is 64.0 Å². The first-order chi connectivity index (χ1) is 8.75. The van der Waals surface area contributed by atoms with E-state index in [2.05, 4.69) is 17.6 Å². The molecule has 104 valence electrons. The fourth-order valence-electron chi connectivity index (χ4n) is 3.41. The van der Waals surface area contributed by atoms with Crippen molar-refractivity contribution in [1.29, 1.82) is 0 Å². The summed E-state index contributed by atoms with van der Waals surface area (Å²) in [6.45, 7) is 4.43. The van der Waals surface area contributed by atoms with Crippen LogP contribution in [0.15, 0.2) is 0 Å². The number of piperidine rings is 1. The second kappa shape index (κ2) is 7.13. The molecule has 3 nitrogen and oxygen atoms in total. The van der Waals surface area contributed by atoms with E-state index in [0.717, 1.165) is 25.4 Å².